The molecule has 1 aliphatic carbocycles. The number of nitrogens with zero attached hydrogens (tertiary/aromatic N) is 2. The van der Waals surface area contributed by atoms with Gasteiger partial charge in [-0.05, 0) is 18.6 Å². The Balaban J connectivity index is 1.83. The van der Waals surface area contributed by atoms with E-state index in [9.17, 15) is 0 Å². The van der Waals surface area contributed by atoms with E-state index in [0.29, 0.717) is 6.04 Å². The normalized spacial score (nSPS) is 25.1. The molecule has 0 bridgehead atoms. The number of aromatic nitrogens is 2. The predicted octanol–water partition coefficient (Wildman–Crippen LogP) is 2.57. The lowest BCUT2D eigenvalue weighted by Gasteiger charge is -2.31. The molecule has 1 aromatic rings. The van der Waals surface area contributed by atoms with Crippen molar-refractivity contribution in [2.75, 3.05) is 5.75 Å². The summed E-state index contributed by atoms with van der Waals surface area (Å²) in [6.07, 6.45) is 9.55. The molecule has 2 atom stereocenters. The molecular weight excluding hydrogens is 230 g/mol. The lowest BCUT2D eigenvalue weighted by molar-refractivity contribution is 0.383. The van der Waals surface area contributed by atoms with Crippen LogP contribution in [0.1, 0.15) is 38.2 Å². The van der Waals surface area contributed by atoms with Crippen molar-refractivity contribution < 1.29 is 0 Å². The molecule has 0 unspecified atom stereocenters. The lowest BCUT2D eigenvalue weighted by atomic mass is 9.95. The summed E-state index contributed by atoms with van der Waals surface area (Å²) in [4.78, 5) is 0. The van der Waals surface area contributed by atoms with Crippen molar-refractivity contribution in [2.24, 2.45) is 7.05 Å². The summed E-state index contributed by atoms with van der Waals surface area (Å²) in [5, 5.41) is 8.73. The van der Waals surface area contributed by atoms with Crippen LogP contribution in [0.2, 0.25) is 0 Å². The topological polar surface area (TPSA) is 29.9 Å². The molecule has 4 heteroatoms. The van der Waals surface area contributed by atoms with Crippen LogP contribution in [0.25, 0.3) is 0 Å². The van der Waals surface area contributed by atoms with E-state index in [-0.39, 0.29) is 0 Å². The zero-order valence-corrected chi connectivity index (χ0v) is 11.7. The van der Waals surface area contributed by atoms with Crippen LogP contribution in [-0.2, 0) is 13.6 Å². The monoisotopic (exact) mass is 253 g/mol. The fourth-order valence-electron chi connectivity index (χ4n) is 2.56. The summed E-state index contributed by atoms with van der Waals surface area (Å²) in [7, 11) is 1.97. The van der Waals surface area contributed by atoms with E-state index in [4.69, 9.17) is 0 Å². The van der Waals surface area contributed by atoms with E-state index in [1.54, 1.807) is 0 Å². The van der Waals surface area contributed by atoms with Gasteiger partial charge in [-0.3, -0.25) is 4.68 Å². The first kappa shape index (κ1) is 13.0. The van der Waals surface area contributed by atoms with Gasteiger partial charge in [0.1, 0.15) is 0 Å². The second kappa shape index (κ2) is 6.45. The highest BCUT2D eigenvalue weighted by molar-refractivity contribution is 7.99. The van der Waals surface area contributed by atoms with Gasteiger partial charge in [-0.2, -0.15) is 16.9 Å². The van der Waals surface area contributed by atoms with E-state index in [0.717, 1.165) is 11.8 Å². The van der Waals surface area contributed by atoms with E-state index in [1.165, 1.54) is 37.0 Å². The maximum Gasteiger partial charge on any atom is 0.0534 e. The Morgan fingerprint density at radius 1 is 1.47 bits per heavy atom. The fraction of sp³-hybridized carbons (Fsp3) is 0.769. The lowest BCUT2D eigenvalue weighted by Crippen LogP contribution is -2.40. The minimum absolute atomic E-state index is 0.689. The van der Waals surface area contributed by atoms with Crippen molar-refractivity contribution in [1.82, 2.24) is 15.1 Å². The van der Waals surface area contributed by atoms with Gasteiger partial charge in [-0.15, -0.1) is 0 Å². The van der Waals surface area contributed by atoms with Crippen LogP contribution in [0.3, 0.4) is 0 Å². The summed E-state index contributed by atoms with van der Waals surface area (Å²) in [6, 6.07) is 0.689. The molecule has 1 fully saturated rings. The number of rotatable bonds is 5. The number of aryl methyl sites for hydroxylation is 1. The Morgan fingerprint density at radius 3 is 3.00 bits per heavy atom. The second-order valence-electron chi connectivity index (χ2n) is 4.79. The van der Waals surface area contributed by atoms with Crippen LogP contribution in [0.15, 0.2) is 12.4 Å². The zero-order valence-electron chi connectivity index (χ0n) is 10.9. The third-order valence-electron chi connectivity index (χ3n) is 3.41. The Morgan fingerprint density at radius 2 is 2.29 bits per heavy atom. The van der Waals surface area contributed by atoms with Crippen molar-refractivity contribution >= 4 is 11.8 Å². The zero-order chi connectivity index (χ0) is 12.1. The largest absolute Gasteiger partial charge is 0.309 e. The van der Waals surface area contributed by atoms with Crippen LogP contribution in [-0.4, -0.2) is 26.8 Å². The number of nitrogens with one attached hydrogen (secondary N) is 1. The van der Waals surface area contributed by atoms with Gasteiger partial charge in [0.05, 0.1) is 6.20 Å². The predicted molar refractivity (Wildman–Crippen MR) is 74.2 cm³/mol. The fourth-order valence-corrected chi connectivity index (χ4v) is 3.78. The number of hydrogen-bond acceptors (Lipinski definition) is 3. The molecule has 1 heterocycles. The van der Waals surface area contributed by atoms with Gasteiger partial charge in [-0.25, -0.2) is 0 Å². The molecule has 1 aliphatic rings. The molecule has 96 valence electrons. The second-order valence-corrected chi connectivity index (χ2v) is 6.30. The Bertz CT molecular complexity index is 335. The summed E-state index contributed by atoms with van der Waals surface area (Å²) in [5.74, 6) is 1.23. The minimum Gasteiger partial charge on any atom is -0.309 e. The van der Waals surface area contributed by atoms with Gasteiger partial charge in [0.25, 0.3) is 0 Å². The van der Waals surface area contributed by atoms with Crippen LogP contribution < -0.4 is 5.32 Å². The molecule has 1 aromatic heterocycles. The molecule has 2 rings (SSSR count). The SMILES string of the molecule is CCS[C@H]1CCCC[C@@H]1NCc1cnn(C)c1. The van der Waals surface area contributed by atoms with Crippen molar-refractivity contribution in [3.05, 3.63) is 18.0 Å². The maximum absolute atomic E-state index is 4.21. The molecule has 1 saturated carbocycles. The minimum atomic E-state index is 0.689. The van der Waals surface area contributed by atoms with Gasteiger partial charge in [-0.1, -0.05) is 19.8 Å². The molecule has 17 heavy (non-hydrogen) atoms. The van der Waals surface area contributed by atoms with Crippen molar-refractivity contribution in [3.63, 3.8) is 0 Å². The average molecular weight is 253 g/mol. The third kappa shape index (κ3) is 3.75. The smallest absolute Gasteiger partial charge is 0.0534 e. The van der Waals surface area contributed by atoms with Crippen molar-refractivity contribution in [1.29, 1.82) is 0 Å². The Labute approximate surface area is 108 Å². The average Bonchev–Trinajstić information content (AvgIpc) is 2.74. The van der Waals surface area contributed by atoms with E-state index < -0.39 is 0 Å². The first-order valence-corrected chi connectivity index (χ1v) is 7.67. The highest BCUT2D eigenvalue weighted by atomic mass is 32.2. The van der Waals surface area contributed by atoms with E-state index >= 15 is 0 Å². The van der Waals surface area contributed by atoms with E-state index in [2.05, 4.69) is 35.3 Å². The highest BCUT2D eigenvalue weighted by Gasteiger charge is 2.24. The van der Waals surface area contributed by atoms with E-state index in [1.807, 2.05) is 17.9 Å². The van der Waals surface area contributed by atoms with Gasteiger partial charge >= 0.3 is 0 Å². The van der Waals surface area contributed by atoms with Gasteiger partial charge < -0.3 is 5.32 Å². The van der Waals surface area contributed by atoms with Crippen molar-refractivity contribution in [3.8, 4) is 0 Å². The van der Waals surface area contributed by atoms with Crippen LogP contribution in [0.5, 0.6) is 0 Å². The maximum atomic E-state index is 4.21. The highest BCUT2D eigenvalue weighted by Crippen LogP contribution is 2.28. The van der Waals surface area contributed by atoms with Gasteiger partial charge in [0.15, 0.2) is 0 Å². The number of thioether (sulfide) groups is 1. The van der Waals surface area contributed by atoms with Crippen LogP contribution >= 0.6 is 11.8 Å². The molecule has 0 spiro atoms. The van der Waals surface area contributed by atoms with Gasteiger partial charge in [0, 0.05) is 36.6 Å². The van der Waals surface area contributed by atoms with Crippen molar-refractivity contribution in [2.45, 2.75) is 50.4 Å². The Kier molecular flexibility index (Phi) is 4.92. The number of hydrogen-bond donors (Lipinski definition) is 1. The quantitative estimate of drug-likeness (QED) is 0.874. The summed E-state index contributed by atoms with van der Waals surface area (Å²) in [5.41, 5.74) is 1.29. The molecule has 0 amide bonds. The third-order valence-corrected chi connectivity index (χ3v) is 4.74. The molecule has 0 aromatic carbocycles. The summed E-state index contributed by atoms with van der Waals surface area (Å²) in [6.45, 7) is 3.22. The van der Waals surface area contributed by atoms with Crippen LogP contribution in [0, 0.1) is 0 Å². The first-order valence-electron chi connectivity index (χ1n) is 6.62. The van der Waals surface area contributed by atoms with Crippen LogP contribution in [0.4, 0.5) is 0 Å². The molecule has 0 radical (unpaired) electrons. The molecule has 3 nitrogen and oxygen atoms in total. The molecule has 1 N–H and O–H groups in total. The summed E-state index contributed by atoms with van der Waals surface area (Å²) >= 11 is 2.12. The molecule has 0 aliphatic heterocycles. The Hall–Kier alpha value is -0.480. The molecular formula is C13H23N3S. The van der Waals surface area contributed by atoms with Gasteiger partial charge in [0.2, 0.25) is 0 Å². The summed E-state index contributed by atoms with van der Waals surface area (Å²) < 4.78 is 1.87. The first-order chi connectivity index (χ1) is 8.29. The standard InChI is InChI=1S/C13H23N3S/c1-3-17-13-7-5-4-6-12(13)14-8-11-9-15-16(2)10-11/h9-10,12-14H,3-8H2,1-2H3/t12-,13-/m0/s1. The molecule has 0 saturated heterocycles.